The van der Waals surface area contributed by atoms with Crippen LogP contribution in [0.25, 0.3) is 28.7 Å². The Morgan fingerprint density at radius 1 is 0.967 bits per heavy atom. The molecule has 4 aromatic rings. The first-order valence-corrected chi connectivity index (χ1v) is 9.62. The topological polar surface area (TPSA) is 64.3 Å². The van der Waals surface area contributed by atoms with Gasteiger partial charge in [0.05, 0.1) is 23.7 Å². The third-order valence-electron chi connectivity index (χ3n) is 5.18. The predicted molar refractivity (Wildman–Crippen MR) is 120 cm³/mol. The molecular weight excluding hydrogens is 376 g/mol. The Balaban J connectivity index is 1.90. The van der Waals surface area contributed by atoms with Crippen LogP contribution in [0.4, 0.5) is 0 Å². The van der Waals surface area contributed by atoms with E-state index >= 15 is 0 Å². The molecule has 0 atom stereocenters. The molecule has 0 spiro atoms. The number of hydrogen-bond donors (Lipinski definition) is 1. The van der Waals surface area contributed by atoms with Crippen LogP contribution in [0.1, 0.15) is 22.5 Å². The number of ether oxygens (including phenoxy) is 1. The van der Waals surface area contributed by atoms with E-state index in [4.69, 9.17) is 9.72 Å². The molecule has 0 aliphatic heterocycles. The molecule has 0 aliphatic rings. The number of aromatic nitrogens is 2. The van der Waals surface area contributed by atoms with E-state index in [9.17, 15) is 9.90 Å². The van der Waals surface area contributed by atoms with Crippen LogP contribution in [0.15, 0.2) is 65.5 Å². The Bertz CT molecular complexity index is 1340. The van der Waals surface area contributed by atoms with Gasteiger partial charge in [-0.25, -0.2) is 4.98 Å². The quantitative estimate of drug-likeness (QED) is 0.532. The molecule has 150 valence electrons. The summed E-state index contributed by atoms with van der Waals surface area (Å²) in [5.74, 6) is 0.970. The number of phenols is 1. The summed E-state index contributed by atoms with van der Waals surface area (Å²) < 4.78 is 6.71. The van der Waals surface area contributed by atoms with Crippen LogP contribution < -0.4 is 10.3 Å². The molecule has 0 amide bonds. The molecule has 0 saturated heterocycles. The van der Waals surface area contributed by atoms with Crippen molar-refractivity contribution in [2.75, 3.05) is 7.11 Å². The minimum absolute atomic E-state index is 0.0534. The second-order valence-corrected chi connectivity index (χ2v) is 7.16. The van der Waals surface area contributed by atoms with Crippen molar-refractivity contribution < 1.29 is 9.84 Å². The second-order valence-electron chi connectivity index (χ2n) is 7.16. The van der Waals surface area contributed by atoms with Crippen LogP contribution in [-0.4, -0.2) is 21.8 Å². The molecule has 4 rings (SSSR count). The lowest BCUT2D eigenvalue weighted by Crippen LogP contribution is -2.22. The lowest BCUT2D eigenvalue weighted by molar-refractivity contribution is 0.373. The van der Waals surface area contributed by atoms with Crippen LogP contribution in [0, 0.1) is 13.8 Å². The van der Waals surface area contributed by atoms with Gasteiger partial charge >= 0.3 is 0 Å². The fourth-order valence-electron chi connectivity index (χ4n) is 3.36. The summed E-state index contributed by atoms with van der Waals surface area (Å²) >= 11 is 0. The molecule has 5 nitrogen and oxygen atoms in total. The highest BCUT2D eigenvalue weighted by Gasteiger charge is 2.12. The number of benzene rings is 3. The number of aromatic hydroxyl groups is 1. The van der Waals surface area contributed by atoms with E-state index < -0.39 is 0 Å². The van der Waals surface area contributed by atoms with Gasteiger partial charge in [0.2, 0.25) is 0 Å². The van der Waals surface area contributed by atoms with Crippen LogP contribution >= 0.6 is 0 Å². The molecule has 1 heterocycles. The largest absolute Gasteiger partial charge is 0.504 e. The maximum Gasteiger partial charge on any atom is 0.266 e. The fraction of sp³-hybridized carbons (Fsp3) is 0.120. The van der Waals surface area contributed by atoms with Gasteiger partial charge < -0.3 is 9.84 Å². The summed E-state index contributed by atoms with van der Waals surface area (Å²) in [5.41, 5.74) is 4.30. The molecule has 0 fully saturated rings. The minimum atomic E-state index is -0.124. The number of hydrogen-bond acceptors (Lipinski definition) is 4. The summed E-state index contributed by atoms with van der Waals surface area (Å²) in [5, 5.41) is 10.6. The number of para-hydroxylation sites is 1. The van der Waals surface area contributed by atoms with E-state index in [1.165, 1.54) is 7.11 Å². The van der Waals surface area contributed by atoms with Gasteiger partial charge in [-0.15, -0.1) is 0 Å². The summed E-state index contributed by atoms with van der Waals surface area (Å²) in [6.07, 6.45) is 3.59. The lowest BCUT2D eigenvalue weighted by Gasteiger charge is -2.13. The zero-order valence-corrected chi connectivity index (χ0v) is 17.1. The van der Waals surface area contributed by atoms with Gasteiger partial charge in [0.1, 0.15) is 5.82 Å². The average Bonchev–Trinajstić information content (AvgIpc) is 2.74. The number of fused-ring (bicyclic) bond motifs is 1. The Hall–Kier alpha value is -3.86. The number of methoxy groups -OCH3 is 1. The lowest BCUT2D eigenvalue weighted by atomic mass is 10.1. The van der Waals surface area contributed by atoms with Gasteiger partial charge in [0.25, 0.3) is 5.56 Å². The predicted octanol–water partition coefficient (Wildman–Crippen LogP) is 4.89. The molecule has 1 N–H and O–H groups in total. The van der Waals surface area contributed by atoms with Crippen LogP contribution in [0.5, 0.6) is 11.5 Å². The second kappa shape index (κ2) is 7.87. The van der Waals surface area contributed by atoms with Crippen molar-refractivity contribution in [3.8, 4) is 17.2 Å². The standard InChI is InChI=1S/C25H22N2O3/c1-16-8-11-19(14-17(16)2)27-24(26-21-7-5-4-6-20(21)25(27)29)13-10-18-9-12-23(30-3)22(28)15-18/h4-15,28H,1-3H3/b13-10+. The van der Waals surface area contributed by atoms with Gasteiger partial charge in [-0.3, -0.25) is 9.36 Å². The average molecular weight is 398 g/mol. The first-order valence-electron chi connectivity index (χ1n) is 9.62. The maximum atomic E-state index is 13.3. The fourth-order valence-corrected chi connectivity index (χ4v) is 3.36. The Morgan fingerprint density at radius 3 is 2.50 bits per heavy atom. The summed E-state index contributed by atoms with van der Waals surface area (Å²) in [7, 11) is 1.51. The molecule has 5 heteroatoms. The monoisotopic (exact) mass is 398 g/mol. The number of aryl methyl sites for hydroxylation is 2. The maximum absolute atomic E-state index is 13.3. The summed E-state index contributed by atoms with van der Waals surface area (Å²) in [4.78, 5) is 18.1. The normalized spacial score (nSPS) is 11.3. The SMILES string of the molecule is COc1ccc(/C=C/c2nc3ccccc3c(=O)n2-c2ccc(C)c(C)c2)cc1O. The number of rotatable bonds is 4. The molecule has 0 saturated carbocycles. The van der Waals surface area contributed by atoms with Gasteiger partial charge in [0.15, 0.2) is 11.5 Å². The molecule has 0 unspecified atom stereocenters. The summed E-state index contributed by atoms with van der Waals surface area (Å²) in [6, 6.07) is 18.4. The zero-order valence-electron chi connectivity index (χ0n) is 17.1. The van der Waals surface area contributed by atoms with Crippen molar-refractivity contribution in [3.05, 3.63) is 93.5 Å². The third kappa shape index (κ3) is 3.57. The molecule has 1 aromatic heterocycles. The van der Waals surface area contributed by atoms with Gasteiger partial charge in [0, 0.05) is 0 Å². The summed E-state index contributed by atoms with van der Waals surface area (Å²) in [6.45, 7) is 4.06. The molecular formula is C25H22N2O3. The van der Waals surface area contributed by atoms with Crippen LogP contribution in [0.2, 0.25) is 0 Å². The van der Waals surface area contributed by atoms with Crippen molar-refractivity contribution in [2.45, 2.75) is 13.8 Å². The van der Waals surface area contributed by atoms with E-state index in [-0.39, 0.29) is 11.3 Å². The Morgan fingerprint density at radius 2 is 1.77 bits per heavy atom. The van der Waals surface area contributed by atoms with Crippen LogP contribution in [0.3, 0.4) is 0 Å². The van der Waals surface area contributed by atoms with Crippen molar-refractivity contribution in [2.24, 2.45) is 0 Å². The molecule has 0 bridgehead atoms. The minimum Gasteiger partial charge on any atom is -0.504 e. The number of phenolic OH excluding ortho intramolecular Hbond substituents is 1. The zero-order chi connectivity index (χ0) is 21.3. The van der Waals surface area contributed by atoms with E-state index in [1.54, 1.807) is 28.8 Å². The van der Waals surface area contributed by atoms with Gasteiger partial charge in [-0.1, -0.05) is 30.3 Å². The first kappa shape index (κ1) is 19.5. The van der Waals surface area contributed by atoms with Crippen molar-refractivity contribution in [3.63, 3.8) is 0 Å². The molecule has 30 heavy (non-hydrogen) atoms. The molecule has 3 aromatic carbocycles. The van der Waals surface area contributed by atoms with Crippen molar-refractivity contribution in [1.82, 2.24) is 9.55 Å². The van der Waals surface area contributed by atoms with Gasteiger partial charge in [-0.05, 0) is 73.0 Å². The van der Waals surface area contributed by atoms with Crippen molar-refractivity contribution in [1.29, 1.82) is 0 Å². The van der Waals surface area contributed by atoms with E-state index in [2.05, 4.69) is 0 Å². The number of nitrogens with zero attached hydrogens (tertiary/aromatic N) is 2. The Labute approximate surface area is 174 Å². The smallest absolute Gasteiger partial charge is 0.266 e. The molecule has 0 radical (unpaired) electrons. The molecule has 0 aliphatic carbocycles. The van der Waals surface area contributed by atoms with E-state index in [1.807, 2.05) is 62.4 Å². The first-order chi connectivity index (χ1) is 14.5. The van der Waals surface area contributed by atoms with Gasteiger partial charge in [-0.2, -0.15) is 0 Å². The van der Waals surface area contributed by atoms with Crippen LogP contribution in [-0.2, 0) is 0 Å². The van der Waals surface area contributed by atoms with Crippen molar-refractivity contribution >= 4 is 23.1 Å². The van der Waals surface area contributed by atoms with E-state index in [0.29, 0.717) is 22.5 Å². The highest BCUT2D eigenvalue weighted by Crippen LogP contribution is 2.27. The Kier molecular flexibility index (Phi) is 5.11. The third-order valence-corrected chi connectivity index (χ3v) is 5.18. The highest BCUT2D eigenvalue weighted by atomic mass is 16.5. The highest BCUT2D eigenvalue weighted by molar-refractivity contribution is 5.80. The van der Waals surface area contributed by atoms with E-state index in [0.717, 1.165) is 22.4 Å².